The number of carboxylic acid groups (broad SMARTS) is 1. The summed E-state index contributed by atoms with van der Waals surface area (Å²) in [7, 11) is 5.08. The number of cyclic esters (lactones) is 2. The Morgan fingerprint density at radius 2 is 1.68 bits per heavy atom. The molecule has 8 heteroatoms. The second kappa shape index (κ2) is 4.98. The van der Waals surface area contributed by atoms with E-state index in [9.17, 15) is 19.5 Å². The largest absolute Gasteiger partial charge is 0.475 e. The van der Waals surface area contributed by atoms with Gasteiger partial charge in [-0.1, -0.05) is 0 Å². The smallest absolute Gasteiger partial charge is 0.393 e. The summed E-state index contributed by atoms with van der Waals surface area (Å²) < 4.78 is 9.40. The van der Waals surface area contributed by atoms with E-state index >= 15 is 0 Å². The van der Waals surface area contributed by atoms with Gasteiger partial charge in [-0.2, -0.15) is 0 Å². The standard InChI is InChI=1S/C11H15NO7/c1-12(2,3)6-7(13)11(10(16)17)18-8(14)4-5-9(15)19-11/h4-5,7,13H,6H2,1-3H3/p+1. The van der Waals surface area contributed by atoms with Gasteiger partial charge >= 0.3 is 23.7 Å². The average molecular weight is 274 g/mol. The highest BCUT2D eigenvalue weighted by Gasteiger charge is 2.56. The van der Waals surface area contributed by atoms with Crippen LogP contribution in [0.25, 0.3) is 0 Å². The van der Waals surface area contributed by atoms with Crippen molar-refractivity contribution in [1.29, 1.82) is 0 Å². The number of carbonyl (C=O) groups excluding carboxylic acids is 2. The molecule has 19 heavy (non-hydrogen) atoms. The number of likely N-dealkylation sites (N-methyl/N-ethyl adjacent to an activating group) is 1. The first-order valence-electron chi connectivity index (χ1n) is 5.43. The molecule has 1 atom stereocenters. The van der Waals surface area contributed by atoms with Gasteiger partial charge in [0.2, 0.25) is 0 Å². The number of hydrogen-bond acceptors (Lipinski definition) is 6. The highest BCUT2D eigenvalue weighted by Crippen LogP contribution is 2.24. The Kier molecular flexibility index (Phi) is 3.97. The van der Waals surface area contributed by atoms with Crippen LogP contribution in [0.1, 0.15) is 0 Å². The monoisotopic (exact) mass is 274 g/mol. The molecule has 0 fully saturated rings. The Morgan fingerprint density at radius 3 is 2.00 bits per heavy atom. The Bertz CT molecular complexity index is 415. The topological polar surface area (TPSA) is 110 Å². The molecule has 1 heterocycles. The van der Waals surface area contributed by atoms with Crippen molar-refractivity contribution in [3.05, 3.63) is 12.2 Å². The SMILES string of the molecule is C[N+](C)(C)CC(O)C1(C(=O)O)OC(=O)C=CC(=O)O1. The molecule has 2 N–H and O–H groups in total. The first kappa shape index (κ1) is 15.1. The van der Waals surface area contributed by atoms with Crippen molar-refractivity contribution in [2.75, 3.05) is 27.7 Å². The third-order valence-electron chi connectivity index (χ3n) is 2.32. The number of aliphatic carboxylic acids is 1. The van der Waals surface area contributed by atoms with Crippen molar-refractivity contribution in [3.8, 4) is 0 Å². The van der Waals surface area contributed by atoms with Crippen molar-refractivity contribution in [3.63, 3.8) is 0 Å². The molecule has 0 aromatic heterocycles. The Balaban J connectivity index is 3.13. The van der Waals surface area contributed by atoms with Crippen LogP contribution < -0.4 is 0 Å². The number of carboxylic acids is 1. The lowest BCUT2D eigenvalue weighted by atomic mass is 10.1. The van der Waals surface area contributed by atoms with Crippen LogP contribution >= 0.6 is 0 Å². The van der Waals surface area contributed by atoms with Crippen LogP contribution in [0.4, 0.5) is 0 Å². The predicted octanol–water partition coefficient (Wildman–Crippen LogP) is -1.51. The van der Waals surface area contributed by atoms with Crippen LogP contribution in [0.5, 0.6) is 0 Å². The van der Waals surface area contributed by atoms with Crippen LogP contribution in [0.2, 0.25) is 0 Å². The average Bonchev–Trinajstić information content (AvgIpc) is 2.36. The second-order valence-electron chi connectivity index (χ2n) is 5.14. The normalized spacial score (nSPS) is 20.2. The van der Waals surface area contributed by atoms with Gasteiger partial charge in [0.1, 0.15) is 6.54 Å². The molecular weight excluding hydrogens is 258 g/mol. The molecule has 0 bridgehead atoms. The molecule has 1 aliphatic heterocycles. The number of hydrogen-bond donors (Lipinski definition) is 2. The van der Waals surface area contributed by atoms with Crippen molar-refractivity contribution < 1.29 is 38.6 Å². The summed E-state index contributed by atoms with van der Waals surface area (Å²) >= 11 is 0. The summed E-state index contributed by atoms with van der Waals surface area (Å²) in [5.41, 5.74) is 0. The maximum absolute atomic E-state index is 11.3. The zero-order valence-electron chi connectivity index (χ0n) is 10.8. The molecular formula is C11H16NO7+. The fraction of sp³-hybridized carbons (Fsp3) is 0.545. The molecule has 0 spiro atoms. The van der Waals surface area contributed by atoms with Crippen molar-refractivity contribution in [2.45, 2.75) is 11.9 Å². The van der Waals surface area contributed by atoms with Crippen LogP contribution in [0, 0.1) is 0 Å². The first-order chi connectivity index (χ1) is 8.57. The van der Waals surface area contributed by atoms with Crippen LogP contribution in [-0.4, -0.2) is 72.2 Å². The second-order valence-corrected chi connectivity index (χ2v) is 5.14. The van der Waals surface area contributed by atoms with E-state index in [-0.39, 0.29) is 11.0 Å². The van der Waals surface area contributed by atoms with Gasteiger partial charge in [0.25, 0.3) is 0 Å². The zero-order chi connectivity index (χ0) is 14.8. The number of nitrogens with zero attached hydrogens (tertiary/aromatic N) is 1. The van der Waals surface area contributed by atoms with E-state index in [1.807, 2.05) is 0 Å². The maximum Gasteiger partial charge on any atom is 0.393 e. The molecule has 1 unspecified atom stereocenters. The molecule has 1 rings (SSSR count). The van der Waals surface area contributed by atoms with Crippen LogP contribution in [0.15, 0.2) is 12.2 Å². The van der Waals surface area contributed by atoms with E-state index in [1.165, 1.54) is 0 Å². The predicted molar refractivity (Wildman–Crippen MR) is 60.6 cm³/mol. The molecule has 0 amide bonds. The van der Waals surface area contributed by atoms with Gasteiger partial charge in [-0.3, -0.25) is 0 Å². The molecule has 8 nitrogen and oxygen atoms in total. The van der Waals surface area contributed by atoms with Gasteiger partial charge in [0, 0.05) is 12.2 Å². The lowest BCUT2D eigenvalue weighted by molar-refractivity contribution is -0.874. The van der Waals surface area contributed by atoms with E-state index in [2.05, 4.69) is 9.47 Å². The number of ether oxygens (including phenoxy) is 2. The van der Waals surface area contributed by atoms with E-state index in [1.54, 1.807) is 21.1 Å². The Labute approximate surface area is 109 Å². The van der Waals surface area contributed by atoms with E-state index < -0.39 is 29.8 Å². The van der Waals surface area contributed by atoms with Crippen LogP contribution in [-0.2, 0) is 23.9 Å². The summed E-state index contributed by atoms with van der Waals surface area (Å²) in [6.45, 7) is -0.104. The molecule has 0 aromatic carbocycles. The highest BCUT2D eigenvalue weighted by atomic mass is 16.8. The van der Waals surface area contributed by atoms with Gasteiger partial charge in [-0.25, -0.2) is 14.4 Å². The number of carbonyl (C=O) groups is 3. The summed E-state index contributed by atoms with van der Waals surface area (Å²) in [6, 6.07) is 0. The van der Waals surface area contributed by atoms with Gasteiger partial charge in [-0.05, 0) is 0 Å². The van der Waals surface area contributed by atoms with Gasteiger partial charge < -0.3 is 24.2 Å². The molecule has 0 saturated heterocycles. The van der Waals surface area contributed by atoms with Gasteiger partial charge in [-0.15, -0.1) is 0 Å². The van der Waals surface area contributed by atoms with E-state index in [0.29, 0.717) is 0 Å². The number of rotatable bonds is 4. The number of esters is 2. The minimum absolute atomic E-state index is 0.104. The number of aliphatic hydroxyl groups is 1. The lowest BCUT2D eigenvalue weighted by Gasteiger charge is -2.34. The number of quaternary nitrogens is 1. The fourth-order valence-electron chi connectivity index (χ4n) is 1.53. The van der Waals surface area contributed by atoms with Crippen molar-refractivity contribution >= 4 is 17.9 Å². The maximum atomic E-state index is 11.3. The minimum atomic E-state index is -2.73. The summed E-state index contributed by atoms with van der Waals surface area (Å²) in [5, 5.41) is 19.2. The highest BCUT2D eigenvalue weighted by molar-refractivity contribution is 5.96. The molecule has 0 radical (unpaired) electrons. The lowest BCUT2D eigenvalue weighted by Crippen LogP contribution is -2.60. The number of aliphatic hydroxyl groups excluding tert-OH is 1. The summed E-state index contributed by atoms with van der Waals surface area (Å²) in [4.78, 5) is 33.9. The summed E-state index contributed by atoms with van der Waals surface area (Å²) in [6.07, 6.45) is -0.227. The zero-order valence-corrected chi connectivity index (χ0v) is 10.8. The minimum Gasteiger partial charge on any atom is -0.475 e. The van der Waals surface area contributed by atoms with Gasteiger partial charge in [0.05, 0.1) is 21.1 Å². The molecule has 106 valence electrons. The van der Waals surface area contributed by atoms with Crippen molar-refractivity contribution in [1.82, 2.24) is 0 Å². The Hall–Kier alpha value is -1.93. The summed E-state index contributed by atoms with van der Waals surface area (Å²) in [5.74, 6) is -6.63. The van der Waals surface area contributed by atoms with Crippen molar-refractivity contribution in [2.24, 2.45) is 0 Å². The third-order valence-corrected chi connectivity index (χ3v) is 2.32. The first-order valence-corrected chi connectivity index (χ1v) is 5.43. The Morgan fingerprint density at radius 1 is 1.26 bits per heavy atom. The quantitative estimate of drug-likeness (QED) is 0.473. The van der Waals surface area contributed by atoms with E-state index in [0.717, 1.165) is 12.2 Å². The molecule has 0 saturated carbocycles. The van der Waals surface area contributed by atoms with Crippen LogP contribution in [0.3, 0.4) is 0 Å². The molecule has 0 aromatic rings. The molecule has 0 aliphatic carbocycles. The van der Waals surface area contributed by atoms with Gasteiger partial charge in [0.15, 0.2) is 6.10 Å². The fourth-order valence-corrected chi connectivity index (χ4v) is 1.53. The van der Waals surface area contributed by atoms with E-state index in [4.69, 9.17) is 5.11 Å². The molecule has 1 aliphatic rings. The third kappa shape index (κ3) is 3.52.